The topological polar surface area (TPSA) is 102 Å². The highest BCUT2D eigenvalue weighted by atomic mass is 16.6. The minimum absolute atomic E-state index is 0.126. The Morgan fingerprint density at radius 3 is 1.40 bits per heavy atom. The highest BCUT2D eigenvalue weighted by Crippen LogP contribution is 2.22. The van der Waals surface area contributed by atoms with E-state index < -0.39 is 23.5 Å². The van der Waals surface area contributed by atoms with Gasteiger partial charge in [-0.15, -0.1) is 0 Å². The van der Waals surface area contributed by atoms with Gasteiger partial charge in [0.1, 0.15) is 0 Å². The molecule has 0 saturated heterocycles. The number of ether oxygens (including phenoxy) is 1. The Kier molecular flexibility index (Phi) is 11.1. The van der Waals surface area contributed by atoms with Crippen LogP contribution in [0.25, 0.3) is 0 Å². The fraction of sp³-hybridized carbons (Fsp3) is 0.429. The van der Waals surface area contributed by atoms with Crippen LogP contribution in [-0.2, 0) is 27.2 Å². The first-order valence-electron chi connectivity index (χ1n) is 12.4. The Balaban J connectivity index is 2.24. The van der Waals surface area contributed by atoms with Gasteiger partial charge in [-0.3, -0.25) is 9.59 Å². The molecule has 0 saturated carbocycles. The van der Waals surface area contributed by atoms with Gasteiger partial charge >= 0.3 is 11.9 Å². The van der Waals surface area contributed by atoms with Gasteiger partial charge in [-0.2, -0.15) is 0 Å². The number of rotatable bonds is 14. The third-order valence-corrected chi connectivity index (χ3v) is 5.59. The van der Waals surface area contributed by atoms with Crippen LogP contribution in [0.15, 0.2) is 36.4 Å². The van der Waals surface area contributed by atoms with Crippen LogP contribution < -0.4 is 10.6 Å². The number of anilines is 2. The van der Waals surface area contributed by atoms with Gasteiger partial charge in [0.25, 0.3) is 11.6 Å². The third-order valence-electron chi connectivity index (χ3n) is 5.59. The number of hydrogen-bond donors (Lipinski definition) is 2. The molecular weight excluding hydrogens is 444 g/mol. The first-order valence-corrected chi connectivity index (χ1v) is 12.4. The molecule has 0 aliphatic carbocycles. The Morgan fingerprint density at radius 2 is 1.06 bits per heavy atom. The predicted octanol–water partition coefficient (Wildman–Crippen LogP) is 5.37. The molecule has 2 aromatic carbocycles. The molecule has 7 heteroatoms. The number of unbranched alkanes of at least 4 members (excludes halogenated alkanes) is 2. The van der Waals surface area contributed by atoms with E-state index >= 15 is 0 Å². The van der Waals surface area contributed by atoms with Gasteiger partial charge in [0.15, 0.2) is 0 Å². The quantitative estimate of drug-likeness (QED) is 0.162. The molecule has 7 nitrogen and oxygen atoms in total. The Labute approximate surface area is 207 Å². The molecule has 2 N–H and O–H groups in total. The zero-order valence-electron chi connectivity index (χ0n) is 21.2. The van der Waals surface area contributed by atoms with E-state index in [0.717, 1.165) is 49.7 Å². The second-order valence-corrected chi connectivity index (χ2v) is 8.36. The smallest absolute Gasteiger partial charge is 0.385 e. The average molecular weight is 481 g/mol. The van der Waals surface area contributed by atoms with Crippen molar-refractivity contribution in [3.05, 3.63) is 58.7 Å². The Morgan fingerprint density at radius 1 is 0.657 bits per heavy atom. The van der Waals surface area contributed by atoms with Crippen LogP contribution in [0.5, 0.6) is 0 Å². The number of aryl methyl sites for hydroxylation is 2. The summed E-state index contributed by atoms with van der Waals surface area (Å²) in [4.78, 5) is 51.0. The van der Waals surface area contributed by atoms with Gasteiger partial charge in [-0.25, -0.2) is 9.59 Å². The lowest BCUT2D eigenvalue weighted by Gasteiger charge is -2.13. The van der Waals surface area contributed by atoms with Crippen molar-refractivity contribution in [2.24, 2.45) is 0 Å². The minimum Gasteiger partial charge on any atom is -0.385 e. The van der Waals surface area contributed by atoms with Gasteiger partial charge in [0.2, 0.25) is 0 Å². The van der Waals surface area contributed by atoms with Crippen LogP contribution in [0.3, 0.4) is 0 Å². The molecule has 0 amide bonds. The number of hydrogen-bond acceptors (Lipinski definition) is 7. The van der Waals surface area contributed by atoms with Crippen molar-refractivity contribution >= 4 is 34.9 Å². The van der Waals surface area contributed by atoms with Gasteiger partial charge in [0, 0.05) is 24.5 Å². The van der Waals surface area contributed by atoms with E-state index in [0.29, 0.717) is 24.5 Å². The normalized spacial score (nSPS) is 10.5. The second kappa shape index (κ2) is 14.0. The molecule has 0 fully saturated rings. The first-order chi connectivity index (χ1) is 16.9. The van der Waals surface area contributed by atoms with Gasteiger partial charge in [-0.1, -0.05) is 38.8 Å². The molecule has 0 unspecified atom stereocenters. The van der Waals surface area contributed by atoms with Crippen molar-refractivity contribution in [2.45, 2.75) is 66.2 Å². The van der Waals surface area contributed by atoms with Crippen LogP contribution in [-0.4, -0.2) is 36.6 Å². The van der Waals surface area contributed by atoms with Crippen molar-refractivity contribution in [1.29, 1.82) is 0 Å². The van der Waals surface area contributed by atoms with Crippen LogP contribution in [0, 0.1) is 0 Å². The number of ketones is 2. The lowest BCUT2D eigenvalue weighted by atomic mass is 10.0. The highest BCUT2D eigenvalue weighted by Gasteiger charge is 2.29. The predicted molar refractivity (Wildman–Crippen MR) is 138 cm³/mol. The number of Topliss-reactive ketones (excluding diaryl/α,β-unsaturated/α-hetero) is 2. The molecule has 0 atom stereocenters. The van der Waals surface area contributed by atoms with E-state index in [-0.39, 0.29) is 11.1 Å². The molecule has 0 aliphatic heterocycles. The van der Waals surface area contributed by atoms with E-state index in [4.69, 9.17) is 4.74 Å². The fourth-order valence-electron chi connectivity index (χ4n) is 3.72. The largest absolute Gasteiger partial charge is 0.387 e. The van der Waals surface area contributed by atoms with Crippen LogP contribution in [0.2, 0.25) is 0 Å². The van der Waals surface area contributed by atoms with E-state index in [1.54, 1.807) is 24.3 Å². The standard InChI is InChI=1S/C28H36N2O5/c1-5-9-11-19-13-15-23(29-7-3)21(17-19)25(31)27(33)35-28(34)26(32)22-18-20(12-10-6-2)14-16-24(22)30-8-4/h13-18,29-30H,5-12H2,1-4H3. The molecule has 0 aliphatic rings. The fourth-order valence-corrected chi connectivity index (χ4v) is 3.72. The maximum atomic E-state index is 12.9. The summed E-state index contributed by atoms with van der Waals surface area (Å²) in [6.45, 7) is 8.97. The zero-order chi connectivity index (χ0) is 25.8. The maximum Gasteiger partial charge on any atom is 0.387 e. The average Bonchev–Trinajstić information content (AvgIpc) is 2.86. The van der Waals surface area contributed by atoms with E-state index in [1.807, 2.05) is 26.0 Å². The summed E-state index contributed by atoms with van der Waals surface area (Å²) in [5, 5.41) is 6.11. The lowest BCUT2D eigenvalue weighted by molar-refractivity contribution is -0.152. The molecule has 0 spiro atoms. The molecule has 0 aromatic heterocycles. The molecular formula is C28H36N2O5. The summed E-state index contributed by atoms with van der Waals surface area (Å²) in [5.74, 6) is -4.68. The second-order valence-electron chi connectivity index (χ2n) is 8.36. The van der Waals surface area contributed by atoms with Crippen molar-refractivity contribution in [3.8, 4) is 0 Å². The molecule has 0 radical (unpaired) electrons. The number of nitrogens with one attached hydrogen (secondary N) is 2. The molecule has 2 rings (SSSR count). The van der Waals surface area contributed by atoms with Gasteiger partial charge in [-0.05, 0) is 74.9 Å². The highest BCUT2D eigenvalue weighted by molar-refractivity contribution is 6.49. The first kappa shape index (κ1) is 27.8. The Hall–Kier alpha value is -3.48. The number of benzene rings is 2. The van der Waals surface area contributed by atoms with E-state index in [9.17, 15) is 19.2 Å². The minimum atomic E-state index is -1.37. The van der Waals surface area contributed by atoms with Gasteiger partial charge in [0.05, 0.1) is 11.1 Å². The monoisotopic (exact) mass is 480 g/mol. The van der Waals surface area contributed by atoms with E-state index in [1.165, 1.54) is 0 Å². The van der Waals surface area contributed by atoms with Crippen LogP contribution in [0.1, 0.15) is 85.2 Å². The molecule has 188 valence electrons. The summed E-state index contributed by atoms with van der Waals surface area (Å²) in [6, 6.07) is 10.6. The van der Waals surface area contributed by atoms with Crippen molar-refractivity contribution in [2.75, 3.05) is 23.7 Å². The summed E-state index contributed by atoms with van der Waals surface area (Å²) in [7, 11) is 0. The Bertz CT molecular complexity index is 978. The number of carbonyl (C=O) groups is 4. The van der Waals surface area contributed by atoms with Crippen molar-refractivity contribution < 1.29 is 23.9 Å². The van der Waals surface area contributed by atoms with Crippen molar-refractivity contribution in [3.63, 3.8) is 0 Å². The van der Waals surface area contributed by atoms with Crippen LogP contribution in [0.4, 0.5) is 11.4 Å². The van der Waals surface area contributed by atoms with Crippen LogP contribution >= 0.6 is 0 Å². The lowest BCUT2D eigenvalue weighted by Crippen LogP contribution is -2.27. The molecule has 0 bridgehead atoms. The molecule has 0 heterocycles. The van der Waals surface area contributed by atoms with E-state index in [2.05, 4.69) is 24.5 Å². The summed E-state index contributed by atoms with van der Waals surface area (Å²) >= 11 is 0. The molecule has 2 aromatic rings. The van der Waals surface area contributed by atoms with Gasteiger partial charge < -0.3 is 15.4 Å². The van der Waals surface area contributed by atoms with Crippen molar-refractivity contribution in [1.82, 2.24) is 0 Å². The summed E-state index contributed by atoms with van der Waals surface area (Å²) < 4.78 is 4.76. The maximum absolute atomic E-state index is 12.9. The molecule has 35 heavy (non-hydrogen) atoms. The number of esters is 2. The SMILES string of the molecule is CCCCc1ccc(NCC)c(C(=O)C(=O)OC(=O)C(=O)c2cc(CCCC)ccc2NCC)c1. The third kappa shape index (κ3) is 7.77. The number of carbonyl (C=O) groups excluding carboxylic acids is 4. The summed E-state index contributed by atoms with van der Waals surface area (Å²) in [6.07, 6.45) is 5.39. The summed E-state index contributed by atoms with van der Waals surface area (Å²) in [5.41, 5.74) is 3.02. The zero-order valence-corrected chi connectivity index (χ0v) is 21.2.